The second kappa shape index (κ2) is 9.58. The molecule has 0 radical (unpaired) electrons. The number of urea groups is 1. The van der Waals surface area contributed by atoms with Gasteiger partial charge in [0.05, 0.1) is 17.9 Å². The van der Waals surface area contributed by atoms with Crippen molar-refractivity contribution in [2.24, 2.45) is 0 Å². The summed E-state index contributed by atoms with van der Waals surface area (Å²) in [6.45, 7) is 8.96. The third-order valence-corrected chi connectivity index (χ3v) is 3.92. The van der Waals surface area contributed by atoms with Gasteiger partial charge >= 0.3 is 6.03 Å². The summed E-state index contributed by atoms with van der Waals surface area (Å²) in [5, 5.41) is 5.37. The highest BCUT2D eigenvalue weighted by Gasteiger charge is 2.24. The first-order valence-corrected chi connectivity index (χ1v) is 8.82. The number of carbonyl (C=O) groups excluding carboxylic acids is 1. The van der Waals surface area contributed by atoms with Gasteiger partial charge in [0.25, 0.3) is 0 Å². The van der Waals surface area contributed by atoms with E-state index in [2.05, 4.69) is 10.6 Å². The Hall–Kier alpha value is -1.86. The van der Waals surface area contributed by atoms with Crippen LogP contribution >= 0.6 is 0 Å². The van der Waals surface area contributed by atoms with Crippen LogP contribution in [0.5, 0.6) is 0 Å². The van der Waals surface area contributed by atoms with Gasteiger partial charge in [-0.15, -0.1) is 0 Å². The first-order valence-electron chi connectivity index (χ1n) is 8.82. The summed E-state index contributed by atoms with van der Waals surface area (Å²) in [6, 6.07) is 4.41. The average molecular weight is 353 g/mol. The molecular formula is C18H28FN3O3. The SMILES string of the molecule is CCOCCCNC(=O)Nc1ccc(N2CC(C)OC(C)C2)c(F)c1. The molecule has 2 N–H and O–H groups in total. The Balaban J connectivity index is 1.87. The molecule has 1 aliphatic rings. The first-order chi connectivity index (χ1) is 12.0. The van der Waals surface area contributed by atoms with Crippen LogP contribution in [0.4, 0.5) is 20.6 Å². The summed E-state index contributed by atoms with van der Waals surface area (Å²) in [5.74, 6) is -0.351. The number of nitrogens with one attached hydrogen (secondary N) is 2. The van der Waals surface area contributed by atoms with E-state index in [1.165, 1.54) is 6.07 Å². The maximum atomic E-state index is 14.5. The van der Waals surface area contributed by atoms with Crippen LogP contribution in [-0.2, 0) is 9.47 Å². The molecule has 2 rings (SSSR count). The fourth-order valence-electron chi connectivity index (χ4n) is 2.91. The number of morpholine rings is 1. The van der Waals surface area contributed by atoms with Crippen LogP contribution in [-0.4, -0.2) is 51.1 Å². The Morgan fingerprint density at radius 2 is 2.08 bits per heavy atom. The Morgan fingerprint density at radius 3 is 2.72 bits per heavy atom. The molecule has 2 amide bonds. The van der Waals surface area contributed by atoms with E-state index in [1.54, 1.807) is 12.1 Å². The Morgan fingerprint density at radius 1 is 1.36 bits per heavy atom. The molecule has 1 fully saturated rings. The predicted molar refractivity (Wildman–Crippen MR) is 96.8 cm³/mol. The van der Waals surface area contributed by atoms with E-state index in [1.807, 2.05) is 25.7 Å². The number of benzene rings is 1. The van der Waals surface area contributed by atoms with E-state index >= 15 is 0 Å². The molecule has 0 bridgehead atoms. The molecule has 0 saturated carbocycles. The lowest BCUT2D eigenvalue weighted by Gasteiger charge is -2.37. The van der Waals surface area contributed by atoms with Gasteiger partial charge in [0.2, 0.25) is 0 Å². The van der Waals surface area contributed by atoms with E-state index in [0.29, 0.717) is 44.2 Å². The number of carbonyl (C=O) groups is 1. The van der Waals surface area contributed by atoms with Crippen LogP contribution in [0.25, 0.3) is 0 Å². The van der Waals surface area contributed by atoms with E-state index in [4.69, 9.17) is 9.47 Å². The van der Waals surface area contributed by atoms with Gasteiger partial charge in [-0.25, -0.2) is 9.18 Å². The van der Waals surface area contributed by atoms with Crippen LogP contribution in [0.15, 0.2) is 18.2 Å². The summed E-state index contributed by atoms with van der Waals surface area (Å²) in [7, 11) is 0. The van der Waals surface area contributed by atoms with Crippen LogP contribution < -0.4 is 15.5 Å². The molecule has 6 nitrogen and oxygen atoms in total. The van der Waals surface area contributed by atoms with E-state index in [-0.39, 0.29) is 24.1 Å². The molecule has 1 aliphatic heterocycles. The Kier molecular flexibility index (Phi) is 7.46. The van der Waals surface area contributed by atoms with Crippen molar-refractivity contribution in [2.75, 3.05) is 43.1 Å². The zero-order chi connectivity index (χ0) is 18.2. The van der Waals surface area contributed by atoms with Gasteiger partial charge in [-0.3, -0.25) is 0 Å². The molecule has 140 valence electrons. The van der Waals surface area contributed by atoms with E-state index < -0.39 is 0 Å². The molecule has 1 aromatic carbocycles. The zero-order valence-corrected chi connectivity index (χ0v) is 15.2. The lowest BCUT2D eigenvalue weighted by atomic mass is 10.2. The average Bonchev–Trinajstić information content (AvgIpc) is 2.53. The molecule has 0 aliphatic carbocycles. The quantitative estimate of drug-likeness (QED) is 0.740. The topological polar surface area (TPSA) is 62.8 Å². The number of anilines is 2. The summed E-state index contributed by atoms with van der Waals surface area (Å²) >= 11 is 0. The lowest BCUT2D eigenvalue weighted by molar-refractivity contribution is -0.00539. The van der Waals surface area contributed by atoms with Gasteiger partial charge in [-0.05, 0) is 45.4 Å². The summed E-state index contributed by atoms with van der Waals surface area (Å²) in [4.78, 5) is 13.8. The number of hydrogen-bond acceptors (Lipinski definition) is 4. The van der Waals surface area contributed by atoms with Gasteiger partial charge in [-0.2, -0.15) is 0 Å². The number of halogens is 1. The van der Waals surface area contributed by atoms with E-state index in [9.17, 15) is 9.18 Å². The highest BCUT2D eigenvalue weighted by atomic mass is 19.1. The highest BCUT2D eigenvalue weighted by molar-refractivity contribution is 5.89. The molecule has 1 aromatic rings. The second-order valence-corrected chi connectivity index (χ2v) is 6.26. The van der Waals surface area contributed by atoms with Gasteiger partial charge in [0, 0.05) is 38.5 Å². The van der Waals surface area contributed by atoms with Gasteiger partial charge in [0.1, 0.15) is 5.82 Å². The van der Waals surface area contributed by atoms with Crippen molar-refractivity contribution in [2.45, 2.75) is 39.4 Å². The largest absolute Gasteiger partial charge is 0.382 e. The monoisotopic (exact) mass is 353 g/mol. The van der Waals surface area contributed by atoms with Crippen LogP contribution in [0.2, 0.25) is 0 Å². The number of rotatable bonds is 7. The minimum Gasteiger partial charge on any atom is -0.382 e. The molecule has 1 heterocycles. The number of ether oxygens (including phenoxy) is 2. The minimum atomic E-state index is -0.351. The van der Waals surface area contributed by atoms with Crippen molar-refractivity contribution in [3.63, 3.8) is 0 Å². The van der Waals surface area contributed by atoms with Crippen LogP contribution in [0, 0.1) is 5.82 Å². The zero-order valence-electron chi connectivity index (χ0n) is 15.2. The molecule has 2 atom stereocenters. The highest BCUT2D eigenvalue weighted by Crippen LogP contribution is 2.26. The summed E-state index contributed by atoms with van der Waals surface area (Å²) in [5.41, 5.74) is 0.961. The fourth-order valence-corrected chi connectivity index (χ4v) is 2.91. The van der Waals surface area contributed by atoms with Crippen molar-refractivity contribution in [1.29, 1.82) is 0 Å². The van der Waals surface area contributed by atoms with Gasteiger partial charge < -0.3 is 25.0 Å². The van der Waals surface area contributed by atoms with Gasteiger partial charge in [-0.1, -0.05) is 0 Å². The van der Waals surface area contributed by atoms with Crippen molar-refractivity contribution in [3.05, 3.63) is 24.0 Å². The third kappa shape index (κ3) is 6.17. The fraction of sp³-hybridized carbons (Fsp3) is 0.611. The Labute approximate surface area is 148 Å². The molecule has 25 heavy (non-hydrogen) atoms. The minimum absolute atomic E-state index is 0.0587. The molecule has 2 unspecified atom stereocenters. The second-order valence-electron chi connectivity index (χ2n) is 6.26. The standard InChI is InChI=1S/C18H28FN3O3/c1-4-24-9-5-8-20-18(23)21-15-6-7-17(16(19)10-15)22-11-13(2)25-14(3)12-22/h6-7,10,13-14H,4-5,8-9,11-12H2,1-3H3,(H2,20,21,23). The number of nitrogens with zero attached hydrogens (tertiary/aromatic N) is 1. The lowest BCUT2D eigenvalue weighted by Crippen LogP contribution is -2.45. The number of hydrogen-bond donors (Lipinski definition) is 2. The molecule has 1 saturated heterocycles. The molecule has 0 aromatic heterocycles. The summed E-state index contributed by atoms with van der Waals surface area (Å²) in [6.07, 6.45) is 0.855. The number of amides is 2. The van der Waals surface area contributed by atoms with Crippen LogP contribution in [0.3, 0.4) is 0 Å². The van der Waals surface area contributed by atoms with Gasteiger partial charge in [0.15, 0.2) is 0 Å². The third-order valence-electron chi connectivity index (χ3n) is 3.92. The summed E-state index contributed by atoms with van der Waals surface area (Å²) < 4.78 is 25.3. The maximum absolute atomic E-state index is 14.5. The smallest absolute Gasteiger partial charge is 0.319 e. The Bertz CT molecular complexity index is 560. The van der Waals surface area contributed by atoms with Crippen molar-refractivity contribution in [3.8, 4) is 0 Å². The molecule has 0 spiro atoms. The van der Waals surface area contributed by atoms with Crippen molar-refractivity contribution < 1.29 is 18.7 Å². The predicted octanol–water partition coefficient (Wildman–Crippen LogP) is 2.99. The molecule has 7 heteroatoms. The first kappa shape index (κ1) is 19.5. The van der Waals surface area contributed by atoms with E-state index in [0.717, 1.165) is 6.42 Å². The maximum Gasteiger partial charge on any atom is 0.319 e. The molecular weight excluding hydrogens is 325 g/mol. The van der Waals surface area contributed by atoms with Crippen molar-refractivity contribution in [1.82, 2.24) is 5.32 Å². The normalized spacial score (nSPS) is 20.4. The van der Waals surface area contributed by atoms with Crippen molar-refractivity contribution >= 4 is 17.4 Å². The van der Waals surface area contributed by atoms with Crippen LogP contribution in [0.1, 0.15) is 27.2 Å².